The van der Waals surface area contributed by atoms with Crippen molar-refractivity contribution in [3.05, 3.63) is 87.7 Å². The normalized spacial score (nSPS) is 17.8. The van der Waals surface area contributed by atoms with Crippen LogP contribution in [0.4, 0.5) is 23.2 Å². The van der Waals surface area contributed by atoms with Gasteiger partial charge in [0, 0.05) is 16.6 Å². The highest BCUT2D eigenvalue weighted by Gasteiger charge is 2.59. The number of halogens is 5. The second-order valence-corrected chi connectivity index (χ2v) is 9.14. The highest BCUT2D eigenvalue weighted by molar-refractivity contribution is 6.31. The number of rotatable bonds is 5. The predicted octanol–water partition coefficient (Wildman–Crippen LogP) is 6.45. The zero-order valence-corrected chi connectivity index (χ0v) is 19.7. The maximum Gasteiger partial charge on any atom is 0.422 e. The van der Waals surface area contributed by atoms with Gasteiger partial charge < -0.3 is 15.5 Å². The van der Waals surface area contributed by atoms with Gasteiger partial charge in [0.15, 0.2) is 5.60 Å². The van der Waals surface area contributed by atoms with Crippen LogP contribution in [0.15, 0.2) is 54.6 Å². The third kappa shape index (κ3) is 4.12. The molecule has 0 aromatic heterocycles. The number of hydrogen-bond acceptors (Lipinski definition) is 3. The van der Waals surface area contributed by atoms with E-state index in [4.69, 9.17) is 16.7 Å². The number of fused-ring (bicyclic) bond motifs is 1. The quantitative estimate of drug-likeness (QED) is 0.337. The van der Waals surface area contributed by atoms with Gasteiger partial charge in [0.1, 0.15) is 5.82 Å². The molecule has 0 saturated heterocycles. The number of aliphatic hydroxyl groups is 1. The van der Waals surface area contributed by atoms with Crippen LogP contribution in [-0.2, 0) is 10.4 Å². The standard InChI is InChI=1S/C26H20ClF4NO4/c1-12-17-7-5-16(11-22(17)32-23(12)33)25(36,26(29,30)31)13(2)18-6-3-15(10-20(18)27)14-4-8-21(28)19(9-14)24(34)35/h3-13,36H,1-2H3,(H,32,33)(H,34,35). The highest BCUT2D eigenvalue weighted by atomic mass is 35.5. The average molecular weight is 522 g/mol. The molecular weight excluding hydrogens is 502 g/mol. The van der Waals surface area contributed by atoms with Crippen molar-refractivity contribution in [3.8, 4) is 11.1 Å². The van der Waals surface area contributed by atoms with Crippen molar-refractivity contribution in [2.75, 3.05) is 5.32 Å². The molecule has 3 atom stereocenters. The molecule has 3 aromatic rings. The molecule has 1 aliphatic heterocycles. The fourth-order valence-electron chi connectivity index (χ4n) is 4.47. The lowest BCUT2D eigenvalue weighted by molar-refractivity contribution is -0.274. The van der Waals surface area contributed by atoms with E-state index in [9.17, 15) is 32.3 Å². The third-order valence-electron chi connectivity index (χ3n) is 6.67. The van der Waals surface area contributed by atoms with Gasteiger partial charge in [-0.1, -0.05) is 48.9 Å². The van der Waals surface area contributed by atoms with Crippen LogP contribution in [0.25, 0.3) is 11.1 Å². The molecule has 4 rings (SSSR count). The van der Waals surface area contributed by atoms with E-state index in [2.05, 4.69) is 5.32 Å². The number of aromatic carboxylic acids is 1. The number of carboxylic acid groups (broad SMARTS) is 1. The van der Waals surface area contributed by atoms with Gasteiger partial charge in [-0.05, 0) is 59.0 Å². The first-order valence-electron chi connectivity index (χ1n) is 10.8. The van der Waals surface area contributed by atoms with Crippen molar-refractivity contribution in [1.82, 2.24) is 0 Å². The molecule has 188 valence electrons. The van der Waals surface area contributed by atoms with Gasteiger partial charge >= 0.3 is 12.1 Å². The van der Waals surface area contributed by atoms with E-state index >= 15 is 0 Å². The van der Waals surface area contributed by atoms with Crippen molar-refractivity contribution in [1.29, 1.82) is 0 Å². The van der Waals surface area contributed by atoms with Gasteiger partial charge in [-0.2, -0.15) is 13.2 Å². The molecular formula is C26H20ClF4NO4. The molecule has 1 heterocycles. The number of amides is 1. The molecule has 3 aromatic carbocycles. The highest BCUT2D eigenvalue weighted by Crippen LogP contribution is 2.51. The van der Waals surface area contributed by atoms with Gasteiger partial charge in [0.2, 0.25) is 5.91 Å². The van der Waals surface area contributed by atoms with E-state index in [-0.39, 0.29) is 22.2 Å². The Hall–Kier alpha value is -3.43. The van der Waals surface area contributed by atoms with Crippen molar-refractivity contribution in [2.45, 2.75) is 37.5 Å². The Kier molecular flexibility index (Phi) is 6.34. The third-order valence-corrected chi connectivity index (χ3v) is 6.99. The largest absolute Gasteiger partial charge is 0.478 e. The predicted molar refractivity (Wildman–Crippen MR) is 126 cm³/mol. The molecule has 3 N–H and O–H groups in total. The fourth-order valence-corrected chi connectivity index (χ4v) is 4.82. The van der Waals surface area contributed by atoms with E-state index < -0.39 is 46.5 Å². The number of benzene rings is 3. The number of nitrogens with one attached hydrogen (secondary N) is 1. The summed E-state index contributed by atoms with van der Waals surface area (Å²) < 4.78 is 56.9. The monoisotopic (exact) mass is 521 g/mol. The Labute approximate surface area is 208 Å². The summed E-state index contributed by atoms with van der Waals surface area (Å²) in [6, 6.07) is 11.1. The molecule has 0 radical (unpaired) electrons. The van der Waals surface area contributed by atoms with Crippen molar-refractivity contribution < 1.29 is 37.4 Å². The van der Waals surface area contributed by atoms with Crippen molar-refractivity contribution in [2.24, 2.45) is 0 Å². The lowest BCUT2D eigenvalue weighted by atomic mass is 9.77. The van der Waals surface area contributed by atoms with E-state index in [0.717, 1.165) is 24.3 Å². The van der Waals surface area contributed by atoms with Gasteiger partial charge in [-0.3, -0.25) is 4.79 Å². The van der Waals surface area contributed by atoms with Crippen LogP contribution in [0, 0.1) is 5.82 Å². The minimum Gasteiger partial charge on any atom is -0.478 e. The van der Waals surface area contributed by atoms with Crippen LogP contribution in [-0.4, -0.2) is 28.3 Å². The minimum absolute atomic E-state index is 0.0151. The molecule has 0 fully saturated rings. The average Bonchev–Trinajstić information content (AvgIpc) is 3.10. The van der Waals surface area contributed by atoms with E-state index in [0.29, 0.717) is 16.7 Å². The zero-order valence-electron chi connectivity index (χ0n) is 19.0. The summed E-state index contributed by atoms with van der Waals surface area (Å²) in [6.07, 6.45) is -5.11. The molecule has 3 unspecified atom stereocenters. The summed E-state index contributed by atoms with van der Waals surface area (Å²) in [5.74, 6) is -4.86. The number of anilines is 1. The molecule has 1 aliphatic rings. The van der Waals surface area contributed by atoms with E-state index in [1.165, 1.54) is 37.3 Å². The summed E-state index contributed by atoms with van der Waals surface area (Å²) in [5, 5.41) is 22.7. The van der Waals surface area contributed by atoms with Crippen LogP contribution in [0.3, 0.4) is 0 Å². The van der Waals surface area contributed by atoms with Crippen molar-refractivity contribution >= 4 is 29.2 Å². The molecule has 0 spiro atoms. The Morgan fingerprint density at radius 3 is 2.31 bits per heavy atom. The van der Waals surface area contributed by atoms with E-state index in [1.807, 2.05) is 0 Å². The maximum absolute atomic E-state index is 14.4. The van der Waals surface area contributed by atoms with Crippen LogP contribution < -0.4 is 5.32 Å². The van der Waals surface area contributed by atoms with Gasteiger partial charge in [0.05, 0.1) is 11.5 Å². The Morgan fingerprint density at radius 2 is 1.69 bits per heavy atom. The number of carboxylic acids is 1. The van der Waals surface area contributed by atoms with Gasteiger partial charge in [0.25, 0.3) is 0 Å². The van der Waals surface area contributed by atoms with Crippen LogP contribution in [0.5, 0.6) is 0 Å². The first kappa shape index (κ1) is 25.7. The molecule has 0 saturated carbocycles. The first-order valence-corrected chi connectivity index (χ1v) is 11.2. The summed E-state index contributed by atoms with van der Waals surface area (Å²) >= 11 is 6.36. The molecule has 0 aliphatic carbocycles. The number of carbonyl (C=O) groups is 2. The smallest absolute Gasteiger partial charge is 0.422 e. The second-order valence-electron chi connectivity index (χ2n) is 8.73. The molecule has 5 nitrogen and oxygen atoms in total. The lowest BCUT2D eigenvalue weighted by Crippen LogP contribution is -2.46. The molecule has 0 bridgehead atoms. The Balaban J connectivity index is 1.76. The van der Waals surface area contributed by atoms with Crippen molar-refractivity contribution in [3.63, 3.8) is 0 Å². The lowest BCUT2D eigenvalue weighted by Gasteiger charge is -2.37. The first-order chi connectivity index (χ1) is 16.8. The minimum atomic E-state index is -5.11. The molecule has 36 heavy (non-hydrogen) atoms. The van der Waals surface area contributed by atoms with E-state index in [1.54, 1.807) is 6.92 Å². The number of alkyl halides is 3. The van der Waals surface area contributed by atoms with Gasteiger partial charge in [-0.25, -0.2) is 9.18 Å². The Bertz CT molecular complexity index is 1390. The summed E-state index contributed by atoms with van der Waals surface area (Å²) in [7, 11) is 0. The number of carbonyl (C=O) groups excluding carboxylic acids is 1. The second kappa shape index (κ2) is 8.90. The fraction of sp³-hybridized carbons (Fsp3) is 0.231. The maximum atomic E-state index is 14.4. The topological polar surface area (TPSA) is 86.6 Å². The van der Waals surface area contributed by atoms with Crippen LogP contribution in [0.1, 0.15) is 52.7 Å². The SMILES string of the molecule is CC1C(=O)Nc2cc(C(O)(C(C)c3ccc(-c4ccc(F)c(C(=O)O)c4)cc3Cl)C(F)(F)F)ccc21. The van der Waals surface area contributed by atoms with Crippen LogP contribution in [0.2, 0.25) is 5.02 Å². The Morgan fingerprint density at radius 1 is 1.06 bits per heavy atom. The zero-order chi connectivity index (χ0) is 26.6. The summed E-state index contributed by atoms with van der Waals surface area (Å²) in [5.41, 5.74) is -3.01. The summed E-state index contributed by atoms with van der Waals surface area (Å²) in [6.45, 7) is 2.81. The molecule has 10 heteroatoms. The van der Waals surface area contributed by atoms with Gasteiger partial charge in [-0.15, -0.1) is 0 Å². The summed E-state index contributed by atoms with van der Waals surface area (Å²) in [4.78, 5) is 23.2. The molecule has 1 amide bonds. The van der Waals surface area contributed by atoms with Crippen LogP contribution >= 0.6 is 11.6 Å². The number of hydrogen-bond donors (Lipinski definition) is 3.